The predicted molar refractivity (Wildman–Crippen MR) is 82.8 cm³/mol. The Bertz CT molecular complexity index is 677. The summed E-state index contributed by atoms with van der Waals surface area (Å²) in [6.45, 7) is 0.647. The average molecular weight is 329 g/mol. The van der Waals surface area contributed by atoms with Crippen LogP contribution in [-0.2, 0) is 6.54 Å². The standard InChI is InChI=1S/C15H13BrN4/c16-12-6-7-15(17-10-12)18-11-13-8-9-20(19-13)14-4-2-1-3-5-14/h1-10H,11H2,(H,17,18). The summed E-state index contributed by atoms with van der Waals surface area (Å²) in [4.78, 5) is 4.27. The lowest BCUT2D eigenvalue weighted by Crippen LogP contribution is -2.03. The van der Waals surface area contributed by atoms with Crippen molar-refractivity contribution in [2.24, 2.45) is 0 Å². The molecule has 2 heterocycles. The quantitative estimate of drug-likeness (QED) is 0.795. The van der Waals surface area contributed by atoms with Gasteiger partial charge in [0.1, 0.15) is 5.82 Å². The molecule has 0 aliphatic rings. The topological polar surface area (TPSA) is 42.7 Å². The molecule has 100 valence electrons. The van der Waals surface area contributed by atoms with Gasteiger partial charge in [-0.25, -0.2) is 9.67 Å². The molecule has 3 aromatic rings. The largest absolute Gasteiger partial charge is 0.364 e. The van der Waals surface area contributed by atoms with Gasteiger partial charge in [-0.1, -0.05) is 18.2 Å². The van der Waals surface area contributed by atoms with Gasteiger partial charge in [-0.15, -0.1) is 0 Å². The number of hydrogen-bond donors (Lipinski definition) is 1. The van der Waals surface area contributed by atoms with E-state index < -0.39 is 0 Å². The number of aromatic nitrogens is 3. The number of pyridine rings is 1. The van der Waals surface area contributed by atoms with Crippen molar-refractivity contribution in [1.29, 1.82) is 0 Å². The van der Waals surface area contributed by atoms with E-state index in [1.165, 1.54) is 0 Å². The van der Waals surface area contributed by atoms with E-state index in [0.717, 1.165) is 21.7 Å². The molecule has 0 bridgehead atoms. The van der Waals surface area contributed by atoms with Gasteiger partial charge in [0.05, 0.1) is 17.9 Å². The third kappa shape index (κ3) is 3.05. The van der Waals surface area contributed by atoms with Crippen LogP contribution in [0.3, 0.4) is 0 Å². The van der Waals surface area contributed by atoms with Gasteiger partial charge in [0.25, 0.3) is 0 Å². The van der Waals surface area contributed by atoms with Crippen molar-refractivity contribution in [1.82, 2.24) is 14.8 Å². The van der Waals surface area contributed by atoms with Gasteiger partial charge < -0.3 is 5.32 Å². The smallest absolute Gasteiger partial charge is 0.126 e. The van der Waals surface area contributed by atoms with Crippen LogP contribution in [0.2, 0.25) is 0 Å². The van der Waals surface area contributed by atoms with Gasteiger partial charge in [-0.05, 0) is 46.3 Å². The highest BCUT2D eigenvalue weighted by atomic mass is 79.9. The van der Waals surface area contributed by atoms with E-state index in [4.69, 9.17) is 0 Å². The Morgan fingerprint density at radius 3 is 2.65 bits per heavy atom. The first-order valence-corrected chi connectivity index (χ1v) is 7.06. The SMILES string of the molecule is Brc1ccc(NCc2ccn(-c3ccccc3)n2)nc1. The monoisotopic (exact) mass is 328 g/mol. The molecule has 1 N–H and O–H groups in total. The summed E-state index contributed by atoms with van der Waals surface area (Å²) in [5.74, 6) is 0.836. The summed E-state index contributed by atoms with van der Waals surface area (Å²) in [6.07, 6.45) is 3.73. The molecule has 5 heteroatoms. The number of rotatable bonds is 4. The highest BCUT2D eigenvalue weighted by molar-refractivity contribution is 9.10. The summed E-state index contributed by atoms with van der Waals surface area (Å²) in [6, 6.07) is 15.9. The van der Waals surface area contributed by atoms with Crippen LogP contribution in [0, 0.1) is 0 Å². The van der Waals surface area contributed by atoms with Crippen molar-refractivity contribution >= 4 is 21.7 Å². The minimum Gasteiger partial charge on any atom is -0.364 e. The molecule has 20 heavy (non-hydrogen) atoms. The zero-order valence-corrected chi connectivity index (χ0v) is 12.3. The molecule has 0 saturated heterocycles. The van der Waals surface area contributed by atoms with E-state index in [1.54, 1.807) is 6.20 Å². The summed E-state index contributed by atoms with van der Waals surface area (Å²) >= 11 is 3.36. The molecule has 0 radical (unpaired) electrons. The zero-order chi connectivity index (χ0) is 13.8. The van der Waals surface area contributed by atoms with Crippen LogP contribution >= 0.6 is 15.9 Å². The Morgan fingerprint density at radius 2 is 1.90 bits per heavy atom. The summed E-state index contributed by atoms with van der Waals surface area (Å²) < 4.78 is 2.84. The molecule has 3 rings (SSSR count). The van der Waals surface area contributed by atoms with Crippen LogP contribution in [0.1, 0.15) is 5.69 Å². The summed E-state index contributed by atoms with van der Waals surface area (Å²) in [5, 5.41) is 7.78. The molecule has 0 amide bonds. The second-order valence-corrected chi connectivity index (χ2v) is 5.22. The van der Waals surface area contributed by atoms with Gasteiger partial charge >= 0.3 is 0 Å². The lowest BCUT2D eigenvalue weighted by molar-refractivity contribution is 0.843. The van der Waals surface area contributed by atoms with E-state index in [9.17, 15) is 0 Å². The van der Waals surface area contributed by atoms with Crippen molar-refractivity contribution in [3.63, 3.8) is 0 Å². The third-order valence-electron chi connectivity index (χ3n) is 2.84. The molecule has 0 atom stereocenters. The molecule has 4 nitrogen and oxygen atoms in total. The molecule has 0 unspecified atom stereocenters. The van der Waals surface area contributed by atoms with Gasteiger partial charge in [-0.3, -0.25) is 0 Å². The Hall–Kier alpha value is -2.14. The fourth-order valence-electron chi connectivity index (χ4n) is 1.84. The molecule has 0 aliphatic heterocycles. The summed E-state index contributed by atoms with van der Waals surface area (Å²) in [5.41, 5.74) is 2.03. The number of benzene rings is 1. The molecule has 0 spiro atoms. The Labute approximate surface area is 125 Å². The maximum atomic E-state index is 4.53. The molecule has 1 aromatic carbocycles. The minimum atomic E-state index is 0.647. The number of halogens is 1. The molecule has 0 saturated carbocycles. The van der Waals surface area contributed by atoms with Crippen molar-refractivity contribution in [2.75, 3.05) is 5.32 Å². The number of nitrogens with one attached hydrogen (secondary N) is 1. The lowest BCUT2D eigenvalue weighted by Gasteiger charge is -2.03. The Balaban J connectivity index is 1.67. The van der Waals surface area contributed by atoms with Crippen molar-refractivity contribution in [3.05, 3.63) is 71.1 Å². The summed E-state index contributed by atoms with van der Waals surface area (Å²) in [7, 11) is 0. The van der Waals surface area contributed by atoms with Crippen LogP contribution in [0.15, 0.2) is 65.4 Å². The van der Waals surface area contributed by atoms with Crippen molar-refractivity contribution < 1.29 is 0 Å². The average Bonchev–Trinajstić information content (AvgIpc) is 2.97. The van der Waals surface area contributed by atoms with Crippen LogP contribution in [0.5, 0.6) is 0 Å². The van der Waals surface area contributed by atoms with Crippen LogP contribution < -0.4 is 5.32 Å². The first-order chi connectivity index (χ1) is 9.81. The van der Waals surface area contributed by atoms with E-state index in [2.05, 4.69) is 31.3 Å². The van der Waals surface area contributed by atoms with Crippen LogP contribution in [0.25, 0.3) is 5.69 Å². The number of hydrogen-bond acceptors (Lipinski definition) is 3. The maximum absolute atomic E-state index is 4.53. The molecular formula is C15H13BrN4. The van der Waals surface area contributed by atoms with Crippen LogP contribution in [0.4, 0.5) is 5.82 Å². The Morgan fingerprint density at radius 1 is 1.05 bits per heavy atom. The molecule has 0 fully saturated rings. The minimum absolute atomic E-state index is 0.647. The van der Waals surface area contributed by atoms with Crippen molar-refractivity contribution in [2.45, 2.75) is 6.54 Å². The van der Waals surface area contributed by atoms with Gasteiger partial charge in [-0.2, -0.15) is 5.10 Å². The van der Waals surface area contributed by atoms with Gasteiger partial charge in [0.2, 0.25) is 0 Å². The van der Waals surface area contributed by atoms with E-state index >= 15 is 0 Å². The second-order valence-electron chi connectivity index (χ2n) is 4.30. The highest BCUT2D eigenvalue weighted by Gasteiger charge is 2.01. The van der Waals surface area contributed by atoms with Crippen LogP contribution in [-0.4, -0.2) is 14.8 Å². The molecule has 2 aromatic heterocycles. The molecule has 0 aliphatic carbocycles. The van der Waals surface area contributed by atoms with Gasteiger partial charge in [0.15, 0.2) is 0 Å². The zero-order valence-electron chi connectivity index (χ0n) is 10.7. The fraction of sp³-hybridized carbons (Fsp3) is 0.0667. The van der Waals surface area contributed by atoms with E-state index in [-0.39, 0.29) is 0 Å². The fourth-order valence-corrected chi connectivity index (χ4v) is 2.08. The second kappa shape index (κ2) is 5.88. The first-order valence-electron chi connectivity index (χ1n) is 6.27. The Kier molecular flexibility index (Phi) is 3.78. The first kappa shape index (κ1) is 12.9. The normalized spacial score (nSPS) is 10.4. The number of para-hydroxylation sites is 1. The predicted octanol–water partition coefficient (Wildman–Crippen LogP) is 3.64. The van der Waals surface area contributed by atoms with E-state index in [0.29, 0.717) is 6.54 Å². The lowest BCUT2D eigenvalue weighted by atomic mass is 10.3. The number of anilines is 1. The van der Waals surface area contributed by atoms with Crippen molar-refractivity contribution in [3.8, 4) is 5.69 Å². The third-order valence-corrected chi connectivity index (χ3v) is 3.31. The maximum Gasteiger partial charge on any atom is 0.126 e. The molecular weight excluding hydrogens is 316 g/mol. The highest BCUT2D eigenvalue weighted by Crippen LogP contribution is 2.12. The number of nitrogens with zero attached hydrogens (tertiary/aromatic N) is 3. The van der Waals surface area contributed by atoms with Gasteiger partial charge in [0, 0.05) is 16.9 Å². The van der Waals surface area contributed by atoms with E-state index in [1.807, 2.05) is 59.4 Å².